The van der Waals surface area contributed by atoms with E-state index in [0.29, 0.717) is 5.02 Å². The first-order chi connectivity index (χ1) is 7.71. The normalized spacial score (nSPS) is 12.2. The number of benzene rings is 1. The van der Waals surface area contributed by atoms with Gasteiger partial charge in [-0.1, -0.05) is 17.7 Å². The van der Waals surface area contributed by atoms with Gasteiger partial charge in [-0.25, -0.2) is 0 Å². The summed E-state index contributed by atoms with van der Waals surface area (Å²) in [7, 11) is 1.64. The Morgan fingerprint density at radius 3 is 2.94 bits per heavy atom. The van der Waals surface area contributed by atoms with Gasteiger partial charge in [0.2, 0.25) is 0 Å². The monoisotopic (exact) mass is 240 g/mol. The highest BCUT2D eigenvalue weighted by Crippen LogP contribution is 2.24. The van der Waals surface area contributed by atoms with Crippen LogP contribution in [0.2, 0.25) is 5.02 Å². The van der Waals surface area contributed by atoms with Gasteiger partial charge in [-0.2, -0.15) is 0 Å². The topological polar surface area (TPSA) is 47.3 Å². The molecule has 1 aromatic rings. The second kappa shape index (κ2) is 6.53. The van der Waals surface area contributed by atoms with Gasteiger partial charge in [-0.15, -0.1) is 6.58 Å². The van der Waals surface area contributed by atoms with Crippen LogP contribution in [0, 0.1) is 0 Å². The zero-order valence-corrected chi connectivity index (χ0v) is 10.1. The molecule has 1 aromatic carbocycles. The maximum Gasteiger partial charge on any atom is 0.122 e. The van der Waals surface area contributed by atoms with Crippen molar-refractivity contribution in [3.05, 3.63) is 41.4 Å². The number of nitrogens with one attached hydrogen (secondary N) is 1. The zero-order valence-electron chi connectivity index (χ0n) is 9.37. The van der Waals surface area contributed by atoms with Crippen LogP contribution in [0.25, 0.3) is 0 Å². The SMILES string of the molecule is C=CCC(Cc1cc(Cl)ccc1OC)NN. The van der Waals surface area contributed by atoms with Crippen molar-refractivity contribution in [1.82, 2.24) is 5.43 Å². The van der Waals surface area contributed by atoms with E-state index in [1.807, 2.05) is 24.3 Å². The number of hydrazine groups is 1. The highest BCUT2D eigenvalue weighted by molar-refractivity contribution is 6.30. The Balaban J connectivity index is 2.84. The molecule has 3 nitrogen and oxygen atoms in total. The van der Waals surface area contributed by atoms with E-state index in [0.717, 1.165) is 24.2 Å². The molecule has 4 heteroatoms. The van der Waals surface area contributed by atoms with Crippen LogP contribution < -0.4 is 16.0 Å². The molecule has 88 valence electrons. The minimum Gasteiger partial charge on any atom is -0.496 e. The minimum absolute atomic E-state index is 0.143. The molecular formula is C12H17ClN2O. The molecule has 1 atom stereocenters. The summed E-state index contributed by atoms with van der Waals surface area (Å²) >= 11 is 5.95. The van der Waals surface area contributed by atoms with Gasteiger partial charge in [0.1, 0.15) is 5.75 Å². The number of rotatable bonds is 6. The molecule has 16 heavy (non-hydrogen) atoms. The lowest BCUT2D eigenvalue weighted by molar-refractivity contribution is 0.405. The minimum atomic E-state index is 0.143. The average Bonchev–Trinajstić information content (AvgIpc) is 2.29. The van der Waals surface area contributed by atoms with Gasteiger partial charge in [0.25, 0.3) is 0 Å². The van der Waals surface area contributed by atoms with Gasteiger partial charge in [-0.05, 0) is 36.6 Å². The van der Waals surface area contributed by atoms with E-state index in [4.69, 9.17) is 22.2 Å². The first kappa shape index (κ1) is 13.0. The van der Waals surface area contributed by atoms with E-state index in [1.54, 1.807) is 7.11 Å². The molecule has 0 fully saturated rings. The van der Waals surface area contributed by atoms with Gasteiger partial charge in [0.15, 0.2) is 0 Å². The molecular weight excluding hydrogens is 224 g/mol. The van der Waals surface area contributed by atoms with Gasteiger partial charge >= 0.3 is 0 Å². The van der Waals surface area contributed by atoms with Gasteiger partial charge < -0.3 is 4.74 Å². The van der Waals surface area contributed by atoms with Crippen molar-refractivity contribution in [2.45, 2.75) is 18.9 Å². The van der Waals surface area contributed by atoms with Crippen molar-refractivity contribution < 1.29 is 4.74 Å². The molecule has 0 saturated heterocycles. The number of methoxy groups -OCH3 is 1. The van der Waals surface area contributed by atoms with Crippen molar-refractivity contribution in [1.29, 1.82) is 0 Å². The van der Waals surface area contributed by atoms with Crippen LogP contribution in [0.3, 0.4) is 0 Å². The van der Waals surface area contributed by atoms with E-state index in [1.165, 1.54) is 0 Å². The number of nitrogens with two attached hydrogens (primary N) is 1. The van der Waals surface area contributed by atoms with Crippen LogP contribution >= 0.6 is 11.6 Å². The molecule has 1 rings (SSSR count). The molecule has 0 radical (unpaired) electrons. The predicted octanol–water partition coefficient (Wildman–Crippen LogP) is 2.30. The van der Waals surface area contributed by atoms with Crippen molar-refractivity contribution in [2.24, 2.45) is 5.84 Å². The van der Waals surface area contributed by atoms with Crippen LogP contribution in [0.15, 0.2) is 30.9 Å². The second-order valence-corrected chi connectivity index (χ2v) is 3.98. The molecule has 0 amide bonds. The molecule has 0 heterocycles. The predicted molar refractivity (Wildman–Crippen MR) is 67.6 cm³/mol. The zero-order chi connectivity index (χ0) is 12.0. The van der Waals surface area contributed by atoms with Gasteiger partial charge in [0, 0.05) is 11.1 Å². The molecule has 0 aromatic heterocycles. The second-order valence-electron chi connectivity index (χ2n) is 3.55. The Morgan fingerprint density at radius 2 is 2.38 bits per heavy atom. The fourth-order valence-electron chi connectivity index (χ4n) is 1.58. The van der Waals surface area contributed by atoms with Gasteiger partial charge in [0.05, 0.1) is 7.11 Å². The fourth-order valence-corrected chi connectivity index (χ4v) is 1.78. The van der Waals surface area contributed by atoms with Crippen molar-refractivity contribution in [2.75, 3.05) is 7.11 Å². The van der Waals surface area contributed by atoms with Crippen LogP contribution in [-0.4, -0.2) is 13.2 Å². The summed E-state index contributed by atoms with van der Waals surface area (Å²) in [6.07, 6.45) is 3.39. The van der Waals surface area contributed by atoms with E-state index in [2.05, 4.69) is 12.0 Å². The molecule has 1 unspecified atom stereocenters. The summed E-state index contributed by atoms with van der Waals surface area (Å²) in [6, 6.07) is 5.71. The summed E-state index contributed by atoms with van der Waals surface area (Å²) < 4.78 is 5.27. The summed E-state index contributed by atoms with van der Waals surface area (Å²) in [5.41, 5.74) is 3.79. The van der Waals surface area contributed by atoms with Crippen molar-refractivity contribution in [3.63, 3.8) is 0 Å². The summed E-state index contributed by atoms with van der Waals surface area (Å²) in [5.74, 6) is 6.29. The van der Waals surface area contributed by atoms with Crippen LogP contribution in [0.5, 0.6) is 5.75 Å². The van der Waals surface area contributed by atoms with Crippen LogP contribution in [0.4, 0.5) is 0 Å². The third-order valence-electron chi connectivity index (χ3n) is 2.40. The van der Waals surface area contributed by atoms with E-state index >= 15 is 0 Å². The highest BCUT2D eigenvalue weighted by atomic mass is 35.5. The molecule has 3 N–H and O–H groups in total. The quantitative estimate of drug-likeness (QED) is 0.456. The van der Waals surface area contributed by atoms with Crippen molar-refractivity contribution >= 4 is 11.6 Å². The number of hydrogen-bond donors (Lipinski definition) is 2. The molecule has 0 aliphatic rings. The Labute approximate surface area is 101 Å². The number of halogens is 1. The fraction of sp³-hybridized carbons (Fsp3) is 0.333. The summed E-state index contributed by atoms with van der Waals surface area (Å²) in [5, 5.41) is 0.699. The Morgan fingerprint density at radius 1 is 1.62 bits per heavy atom. The van der Waals surface area contributed by atoms with E-state index in [-0.39, 0.29) is 6.04 Å². The molecule has 0 aliphatic carbocycles. The average molecular weight is 241 g/mol. The van der Waals surface area contributed by atoms with Gasteiger partial charge in [-0.3, -0.25) is 11.3 Å². The third kappa shape index (κ3) is 3.52. The summed E-state index contributed by atoms with van der Waals surface area (Å²) in [4.78, 5) is 0. The van der Waals surface area contributed by atoms with E-state index in [9.17, 15) is 0 Å². The van der Waals surface area contributed by atoms with Crippen molar-refractivity contribution in [3.8, 4) is 5.75 Å². The first-order valence-corrected chi connectivity index (χ1v) is 5.48. The molecule has 0 aliphatic heterocycles. The number of ether oxygens (including phenoxy) is 1. The lowest BCUT2D eigenvalue weighted by Crippen LogP contribution is -2.36. The first-order valence-electron chi connectivity index (χ1n) is 5.10. The van der Waals surface area contributed by atoms with Crippen LogP contribution in [-0.2, 0) is 6.42 Å². The maximum atomic E-state index is 5.95. The van der Waals surface area contributed by atoms with Crippen LogP contribution in [0.1, 0.15) is 12.0 Å². The highest BCUT2D eigenvalue weighted by Gasteiger charge is 2.10. The standard InChI is InChI=1S/C12H17ClN2O/c1-3-4-11(15-14)8-9-7-10(13)5-6-12(9)16-2/h3,5-7,11,15H,1,4,8,14H2,2H3. The molecule has 0 bridgehead atoms. The Bertz CT molecular complexity index is 355. The van der Waals surface area contributed by atoms with E-state index < -0.39 is 0 Å². The summed E-state index contributed by atoms with van der Waals surface area (Å²) in [6.45, 7) is 3.70. The third-order valence-corrected chi connectivity index (χ3v) is 2.63. The molecule has 0 saturated carbocycles. The lowest BCUT2D eigenvalue weighted by atomic mass is 10.0. The Kier molecular flexibility index (Phi) is 5.32. The molecule has 0 spiro atoms. The Hall–Kier alpha value is -1.03. The lowest BCUT2D eigenvalue weighted by Gasteiger charge is -2.16. The smallest absolute Gasteiger partial charge is 0.122 e. The number of hydrogen-bond acceptors (Lipinski definition) is 3. The largest absolute Gasteiger partial charge is 0.496 e. The maximum absolute atomic E-state index is 5.95.